The van der Waals surface area contributed by atoms with Gasteiger partial charge in [-0.3, -0.25) is 0 Å². The van der Waals surface area contributed by atoms with E-state index in [0.717, 1.165) is 5.75 Å². The van der Waals surface area contributed by atoms with Gasteiger partial charge in [-0.25, -0.2) is 9.59 Å². The van der Waals surface area contributed by atoms with Crippen molar-refractivity contribution in [2.45, 2.75) is 19.1 Å². The zero-order valence-corrected chi connectivity index (χ0v) is 9.50. The predicted molar refractivity (Wildman–Crippen MR) is 58.0 cm³/mol. The molecule has 6 nitrogen and oxygen atoms in total. The Morgan fingerprint density at radius 3 is 2.47 bits per heavy atom. The van der Waals surface area contributed by atoms with E-state index in [-0.39, 0.29) is 0 Å². The van der Waals surface area contributed by atoms with Gasteiger partial charge in [-0.05, 0) is 13.2 Å². The van der Waals surface area contributed by atoms with Gasteiger partial charge in [-0.15, -0.1) is 0 Å². The number of carboxylic acids is 1. The predicted octanol–water partition coefficient (Wildman–Crippen LogP) is -0.517. The minimum Gasteiger partial charge on any atom is -0.480 e. The first-order valence-corrected chi connectivity index (χ1v) is 5.82. The minimum atomic E-state index is -1.28. The van der Waals surface area contributed by atoms with Gasteiger partial charge in [0.15, 0.2) is 6.04 Å². The van der Waals surface area contributed by atoms with Crippen LogP contribution in [0.2, 0.25) is 0 Å². The van der Waals surface area contributed by atoms with Gasteiger partial charge < -0.3 is 20.8 Å². The van der Waals surface area contributed by atoms with E-state index in [4.69, 9.17) is 10.2 Å². The second-order valence-electron chi connectivity index (χ2n) is 2.95. The van der Waals surface area contributed by atoms with Crippen molar-refractivity contribution < 1.29 is 19.8 Å². The molecule has 0 aromatic heterocycles. The number of amides is 2. The van der Waals surface area contributed by atoms with Gasteiger partial charge in [0.2, 0.25) is 0 Å². The van der Waals surface area contributed by atoms with Gasteiger partial charge in [-0.2, -0.15) is 11.8 Å². The monoisotopic (exact) mass is 236 g/mol. The molecular formula is C8H16N2O4S. The number of thioether (sulfide) groups is 1. The summed E-state index contributed by atoms with van der Waals surface area (Å²) in [7, 11) is 0. The molecule has 0 spiro atoms. The number of aliphatic hydroxyl groups excluding tert-OH is 1. The van der Waals surface area contributed by atoms with Gasteiger partial charge in [0.1, 0.15) is 0 Å². The summed E-state index contributed by atoms with van der Waals surface area (Å²) in [4.78, 5) is 21.7. The molecule has 2 atom stereocenters. The van der Waals surface area contributed by atoms with Gasteiger partial charge >= 0.3 is 12.0 Å². The van der Waals surface area contributed by atoms with Crippen LogP contribution >= 0.6 is 11.8 Å². The van der Waals surface area contributed by atoms with Crippen LogP contribution in [0.4, 0.5) is 4.79 Å². The van der Waals surface area contributed by atoms with Gasteiger partial charge in [0.25, 0.3) is 0 Å². The Labute approximate surface area is 92.4 Å². The SMILES string of the molecule is CSCCNC(=O)N[C@H](C(=O)O)[C@@H](C)O. The van der Waals surface area contributed by atoms with Crippen molar-refractivity contribution in [3.05, 3.63) is 0 Å². The molecule has 0 saturated carbocycles. The maximum absolute atomic E-state index is 11.1. The smallest absolute Gasteiger partial charge is 0.328 e. The Morgan fingerprint density at radius 2 is 2.07 bits per heavy atom. The van der Waals surface area contributed by atoms with Crippen LogP contribution < -0.4 is 10.6 Å². The molecule has 2 amide bonds. The topological polar surface area (TPSA) is 98.7 Å². The average Bonchev–Trinajstić information content (AvgIpc) is 2.13. The quantitative estimate of drug-likeness (QED) is 0.465. The van der Waals surface area contributed by atoms with Crippen LogP contribution in [0.25, 0.3) is 0 Å². The Bertz CT molecular complexity index is 223. The summed E-state index contributed by atoms with van der Waals surface area (Å²) in [5.41, 5.74) is 0. The van der Waals surface area contributed by atoms with Crippen LogP contribution in [0.15, 0.2) is 0 Å². The standard InChI is InChI=1S/C8H16N2O4S/c1-5(11)6(7(12)13)10-8(14)9-3-4-15-2/h5-6,11H,3-4H2,1-2H3,(H,12,13)(H2,9,10,14)/t5-,6+/m1/s1. The number of hydrogen-bond donors (Lipinski definition) is 4. The molecule has 0 aromatic rings. The fraction of sp³-hybridized carbons (Fsp3) is 0.750. The van der Waals surface area contributed by atoms with Crippen molar-refractivity contribution in [2.75, 3.05) is 18.6 Å². The molecule has 0 aromatic carbocycles. The van der Waals surface area contributed by atoms with Crippen molar-refractivity contribution >= 4 is 23.8 Å². The van der Waals surface area contributed by atoms with Gasteiger partial charge in [0.05, 0.1) is 6.10 Å². The Morgan fingerprint density at radius 1 is 1.47 bits per heavy atom. The summed E-state index contributed by atoms with van der Waals surface area (Å²) >= 11 is 1.57. The van der Waals surface area contributed by atoms with E-state index < -0.39 is 24.1 Å². The number of rotatable bonds is 6. The first-order valence-electron chi connectivity index (χ1n) is 4.43. The summed E-state index contributed by atoms with van der Waals surface area (Å²) in [6, 6.07) is -1.86. The van der Waals surface area contributed by atoms with Crippen LogP contribution in [0.3, 0.4) is 0 Å². The zero-order valence-electron chi connectivity index (χ0n) is 8.69. The highest BCUT2D eigenvalue weighted by molar-refractivity contribution is 7.98. The average molecular weight is 236 g/mol. The highest BCUT2D eigenvalue weighted by Gasteiger charge is 2.24. The first kappa shape index (κ1) is 14.1. The molecule has 0 unspecified atom stereocenters. The lowest BCUT2D eigenvalue weighted by Crippen LogP contribution is -2.51. The molecule has 0 radical (unpaired) electrons. The fourth-order valence-corrected chi connectivity index (χ4v) is 1.15. The van der Waals surface area contributed by atoms with Crippen molar-refractivity contribution in [1.82, 2.24) is 10.6 Å². The molecule has 0 aliphatic carbocycles. The molecule has 0 heterocycles. The lowest BCUT2D eigenvalue weighted by molar-refractivity contribution is -0.141. The first-order chi connectivity index (χ1) is 6.99. The Hall–Kier alpha value is -0.950. The second-order valence-corrected chi connectivity index (χ2v) is 3.94. The Balaban J connectivity index is 3.95. The van der Waals surface area contributed by atoms with E-state index >= 15 is 0 Å². The maximum Gasteiger partial charge on any atom is 0.328 e. The lowest BCUT2D eigenvalue weighted by Gasteiger charge is -2.17. The van der Waals surface area contributed by atoms with Crippen LogP contribution in [-0.2, 0) is 4.79 Å². The Kier molecular flexibility index (Phi) is 6.89. The molecular weight excluding hydrogens is 220 g/mol. The number of aliphatic carboxylic acids is 1. The summed E-state index contributed by atoms with van der Waals surface area (Å²) in [5, 5.41) is 22.4. The van der Waals surface area contributed by atoms with Crippen molar-refractivity contribution in [2.24, 2.45) is 0 Å². The fourth-order valence-electron chi connectivity index (χ4n) is 0.848. The summed E-state index contributed by atoms with van der Waals surface area (Å²) < 4.78 is 0. The zero-order chi connectivity index (χ0) is 11.8. The molecule has 0 aliphatic heterocycles. The third kappa shape index (κ3) is 6.19. The van der Waals surface area contributed by atoms with Crippen LogP contribution in [0.5, 0.6) is 0 Å². The third-order valence-corrected chi connectivity index (χ3v) is 2.24. The van der Waals surface area contributed by atoms with Gasteiger partial charge in [-0.1, -0.05) is 0 Å². The molecule has 88 valence electrons. The lowest BCUT2D eigenvalue weighted by atomic mass is 10.2. The van der Waals surface area contributed by atoms with Gasteiger partial charge in [0, 0.05) is 12.3 Å². The van der Waals surface area contributed by atoms with Crippen LogP contribution in [0.1, 0.15) is 6.92 Å². The highest BCUT2D eigenvalue weighted by atomic mass is 32.2. The second kappa shape index (κ2) is 7.36. The van der Waals surface area contributed by atoms with E-state index in [9.17, 15) is 9.59 Å². The molecule has 7 heteroatoms. The van der Waals surface area contributed by atoms with Crippen LogP contribution in [-0.4, -0.2) is 52.9 Å². The molecule has 0 saturated heterocycles. The number of carbonyl (C=O) groups is 2. The molecule has 0 aliphatic rings. The highest BCUT2D eigenvalue weighted by Crippen LogP contribution is 1.93. The van der Waals surface area contributed by atoms with E-state index in [0.29, 0.717) is 6.54 Å². The summed E-state index contributed by atoms with van der Waals surface area (Å²) in [6.07, 6.45) is 0.768. The summed E-state index contributed by atoms with van der Waals surface area (Å²) in [5.74, 6) is -0.509. The van der Waals surface area contributed by atoms with E-state index in [1.165, 1.54) is 6.92 Å². The molecule has 15 heavy (non-hydrogen) atoms. The molecule has 0 fully saturated rings. The van der Waals surface area contributed by atoms with E-state index in [1.54, 1.807) is 11.8 Å². The molecule has 4 N–H and O–H groups in total. The van der Waals surface area contributed by atoms with Crippen LogP contribution in [0, 0.1) is 0 Å². The van der Waals surface area contributed by atoms with E-state index in [1.807, 2.05) is 6.26 Å². The molecule has 0 bridgehead atoms. The largest absolute Gasteiger partial charge is 0.480 e. The third-order valence-electron chi connectivity index (χ3n) is 1.63. The number of aliphatic hydroxyl groups is 1. The summed E-state index contributed by atoms with van der Waals surface area (Å²) in [6.45, 7) is 1.76. The van der Waals surface area contributed by atoms with Crippen molar-refractivity contribution in [3.8, 4) is 0 Å². The normalized spacial score (nSPS) is 14.1. The maximum atomic E-state index is 11.1. The number of carbonyl (C=O) groups excluding carboxylic acids is 1. The van der Waals surface area contributed by atoms with Crippen molar-refractivity contribution in [3.63, 3.8) is 0 Å². The number of hydrogen-bond acceptors (Lipinski definition) is 4. The number of urea groups is 1. The number of carboxylic acid groups (broad SMARTS) is 1. The van der Waals surface area contributed by atoms with E-state index in [2.05, 4.69) is 10.6 Å². The van der Waals surface area contributed by atoms with Crippen molar-refractivity contribution in [1.29, 1.82) is 0 Å². The minimum absolute atomic E-state index is 0.457. The molecule has 0 rings (SSSR count). The number of nitrogens with one attached hydrogen (secondary N) is 2.